The van der Waals surface area contributed by atoms with Crippen molar-refractivity contribution in [3.8, 4) is 0 Å². The molecule has 0 saturated carbocycles. The number of nitrogens with zero attached hydrogens (tertiary/aromatic N) is 1. The molecule has 6 heteroatoms. The largest absolute Gasteiger partial charge is 0.358 e. The zero-order valence-corrected chi connectivity index (χ0v) is 15.7. The van der Waals surface area contributed by atoms with Gasteiger partial charge in [0.2, 0.25) is 11.8 Å². The first-order valence-corrected chi connectivity index (χ1v) is 9.85. The number of thioether (sulfide) groups is 1. The van der Waals surface area contributed by atoms with E-state index in [9.17, 15) is 9.59 Å². The maximum atomic E-state index is 13.4. The summed E-state index contributed by atoms with van der Waals surface area (Å²) in [7, 11) is 0. The van der Waals surface area contributed by atoms with Crippen molar-refractivity contribution in [3.63, 3.8) is 0 Å². The summed E-state index contributed by atoms with van der Waals surface area (Å²) in [6, 6.07) is 15.8. The first-order chi connectivity index (χ1) is 13.1. The Kier molecular flexibility index (Phi) is 3.59. The average molecular weight is 377 g/mol. The van der Waals surface area contributed by atoms with E-state index in [0.717, 1.165) is 33.5 Å². The van der Waals surface area contributed by atoms with E-state index < -0.39 is 4.75 Å². The molecule has 0 aliphatic carbocycles. The third kappa shape index (κ3) is 2.47. The number of aromatic nitrogens is 1. The number of carbonyl (C=O) groups excluding carboxylic acids is 2. The van der Waals surface area contributed by atoms with Crippen LogP contribution in [0.3, 0.4) is 0 Å². The van der Waals surface area contributed by atoms with Gasteiger partial charge in [0.1, 0.15) is 0 Å². The SMILES string of the molecule is CC1(C(=O)N2CCc3[nH]c4ccccc4c3C2)Sc2ccccc2NC1=O. The monoisotopic (exact) mass is 377 g/mol. The van der Waals surface area contributed by atoms with E-state index in [4.69, 9.17) is 0 Å². The Hall–Kier alpha value is -2.73. The molecule has 136 valence electrons. The normalized spacial score (nSPS) is 21.5. The Balaban J connectivity index is 1.47. The average Bonchev–Trinajstić information content (AvgIpc) is 3.06. The number of aromatic amines is 1. The Bertz CT molecular complexity index is 1090. The maximum Gasteiger partial charge on any atom is 0.250 e. The van der Waals surface area contributed by atoms with Gasteiger partial charge in [-0.3, -0.25) is 9.59 Å². The van der Waals surface area contributed by atoms with Crippen LogP contribution in [-0.4, -0.2) is 33.0 Å². The lowest BCUT2D eigenvalue weighted by Crippen LogP contribution is -2.54. The summed E-state index contributed by atoms with van der Waals surface area (Å²) in [5, 5.41) is 4.05. The van der Waals surface area contributed by atoms with Gasteiger partial charge in [-0.25, -0.2) is 0 Å². The minimum Gasteiger partial charge on any atom is -0.358 e. The van der Waals surface area contributed by atoms with Crippen molar-refractivity contribution in [2.45, 2.75) is 29.5 Å². The Morgan fingerprint density at radius 2 is 1.93 bits per heavy atom. The molecule has 2 N–H and O–H groups in total. The van der Waals surface area contributed by atoms with Crippen molar-refractivity contribution >= 4 is 40.2 Å². The summed E-state index contributed by atoms with van der Waals surface area (Å²) in [5.41, 5.74) is 4.23. The molecule has 0 spiro atoms. The fourth-order valence-corrected chi connectivity index (χ4v) is 5.12. The predicted octanol–water partition coefficient (Wildman–Crippen LogP) is 3.56. The van der Waals surface area contributed by atoms with Crippen molar-refractivity contribution < 1.29 is 9.59 Å². The first kappa shape index (κ1) is 16.4. The molecule has 0 radical (unpaired) electrons. The lowest BCUT2D eigenvalue weighted by atomic mass is 10.0. The molecule has 5 nitrogen and oxygen atoms in total. The highest BCUT2D eigenvalue weighted by Gasteiger charge is 2.48. The molecule has 3 aromatic rings. The van der Waals surface area contributed by atoms with Crippen LogP contribution in [0.25, 0.3) is 10.9 Å². The van der Waals surface area contributed by atoms with Crippen LogP contribution < -0.4 is 5.32 Å². The molecule has 2 aliphatic heterocycles. The van der Waals surface area contributed by atoms with Gasteiger partial charge in [0.25, 0.3) is 0 Å². The Labute approximate surface area is 161 Å². The summed E-state index contributed by atoms with van der Waals surface area (Å²) in [4.78, 5) is 32.4. The molecule has 0 fully saturated rings. The van der Waals surface area contributed by atoms with E-state index in [2.05, 4.69) is 22.4 Å². The number of para-hydroxylation sites is 2. The van der Waals surface area contributed by atoms with Crippen molar-refractivity contribution in [1.82, 2.24) is 9.88 Å². The molecule has 0 bridgehead atoms. The summed E-state index contributed by atoms with van der Waals surface area (Å²) in [5.74, 6) is -0.378. The summed E-state index contributed by atoms with van der Waals surface area (Å²) in [6.07, 6.45) is 0.773. The van der Waals surface area contributed by atoms with Crippen LogP contribution >= 0.6 is 11.8 Å². The molecule has 2 aromatic carbocycles. The van der Waals surface area contributed by atoms with Gasteiger partial charge >= 0.3 is 0 Å². The predicted molar refractivity (Wildman–Crippen MR) is 107 cm³/mol. The molecule has 2 amide bonds. The lowest BCUT2D eigenvalue weighted by Gasteiger charge is -2.37. The number of H-pyrrole nitrogens is 1. The van der Waals surface area contributed by atoms with Gasteiger partial charge in [-0.05, 0) is 25.1 Å². The second kappa shape index (κ2) is 5.89. The van der Waals surface area contributed by atoms with Crippen LogP contribution in [0, 0.1) is 0 Å². The highest BCUT2D eigenvalue weighted by Crippen LogP contribution is 2.43. The van der Waals surface area contributed by atoms with Gasteiger partial charge in [0.05, 0.1) is 5.69 Å². The number of nitrogens with one attached hydrogen (secondary N) is 2. The molecule has 1 unspecified atom stereocenters. The van der Waals surface area contributed by atoms with Crippen LogP contribution in [0.4, 0.5) is 5.69 Å². The van der Waals surface area contributed by atoms with Gasteiger partial charge in [-0.1, -0.05) is 42.1 Å². The van der Waals surface area contributed by atoms with Gasteiger partial charge in [-0.15, -0.1) is 0 Å². The highest BCUT2D eigenvalue weighted by molar-refractivity contribution is 8.02. The molecular weight excluding hydrogens is 358 g/mol. The van der Waals surface area contributed by atoms with Crippen LogP contribution in [0.15, 0.2) is 53.4 Å². The molecule has 0 saturated heterocycles. The maximum absolute atomic E-state index is 13.4. The number of amides is 2. The third-order valence-corrected chi connectivity index (χ3v) is 6.80. The number of fused-ring (bicyclic) bond motifs is 4. The van der Waals surface area contributed by atoms with Gasteiger partial charge in [-0.2, -0.15) is 0 Å². The molecule has 1 aromatic heterocycles. The number of hydrogen-bond acceptors (Lipinski definition) is 3. The van der Waals surface area contributed by atoms with Crippen LogP contribution in [0.1, 0.15) is 18.2 Å². The number of rotatable bonds is 1. The smallest absolute Gasteiger partial charge is 0.250 e. The first-order valence-electron chi connectivity index (χ1n) is 9.03. The zero-order valence-electron chi connectivity index (χ0n) is 14.9. The van der Waals surface area contributed by atoms with E-state index in [-0.39, 0.29) is 11.8 Å². The standard InChI is InChI=1S/C21H19N3O2S/c1-21(19(25)23-17-8-4-5-9-18(17)27-21)20(26)24-11-10-16-14(12-24)13-6-2-3-7-15(13)22-16/h2-9,22H,10-12H2,1H3,(H,23,25). The Morgan fingerprint density at radius 1 is 1.15 bits per heavy atom. The fourth-order valence-electron chi connectivity index (χ4n) is 3.95. The summed E-state index contributed by atoms with van der Waals surface area (Å²) in [6.45, 7) is 2.88. The molecular formula is C21H19N3O2S. The van der Waals surface area contributed by atoms with E-state index in [1.54, 1.807) is 6.92 Å². The second-order valence-corrected chi connectivity index (χ2v) is 8.65. The van der Waals surface area contributed by atoms with Crippen molar-refractivity contribution in [2.24, 2.45) is 0 Å². The van der Waals surface area contributed by atoms with Crippen molar-refractivity contribution in [3.05, 3.63) is 59.8 Å². The minimum atomic E-state index is -1.15. The van der Waals surface area contributed by atoms with Gasteiger partial charge in [0, 0.05) is 46.6 Å². The fraction of sp³-hybridized carbons (Fsp3) is 0.238. The minimum absolute atomic E-state index is 0.129. The van der Waals surface area contributed by atoms with Crippen LogP contribution in [-0.2, 0) is 22.6 Å². The number of hydrogen-bond donors (Lipinski definition) is 2. The lowest BCUT2D eigenvalue weighted by molar-refractivity contribution is -0.138. The topological polar surface area (TPSA) is 65.2 Å². The number of benzene rings is 2. The molecule has 3 heterocycles. The molecule has 2 aliphatic rings. The van der Waals surface area contributed by atoms with Gasteiger partial charge in [0.15, 0.2) is 4.75 Å². The van der Waals surface area contributed by atoms with Crippen LogP contribution in [0.5, 0.6) is 0 Å². The molecule has 5 rings (SSSR count). The third-order valence-electron chi connectivity index (χ3n) is 5.46. The highest BCUT2D eigenvalue weighted by atomic mass is 32.2. The second-order valence-electron chi connectivity index (χ2n) is 7.19. The Morgan fingerprint density at radius 3 is 2.81 bits per heavy atom. The van der Waals surface area contributed by atoms with Crippen molar-refractivity contribution in [1.29, 1.82) is 0 Å². The van der Waals surface area contributed by atoms with E-state index >= 15 is 0 Å². The van der Waals surface area contributed by atoms with Gasteiger partial charge < -0.3 is 15.2 Å². The zero-order chi connectivity index (χ0) is 18.6. The molecule has 27 heavy (non-hydrogen) atoms. The number of carbonyl (C=O) groups is 2. The molecule has 1 atom stereocenters. The van der Waals surface area contributed by atoms with E-state index in [0.29, 0.717) is 13.1 Å². The summed E-state index contributed by atoms with van der Waals surface area (Å²) >= 11 is 1.35. The quantitative estimate of drug-likeness (QED) is 0.638. The van der Waals surface area contributed by atoms with Crippen LogP contribution in [0.2, 0.25) is 0 Å². The van der Waals surface area contributed by atoms with E-state index in [1.807, 2.05) is 41.3 Å². The summed E-state index contributed by atoms with van der Waals surface area (Å²) < 4.78 is -1.15. The van der Waals surface area contributed by atoms with Crippen molar-refractivity contribution in [2.75, 3.05) is 11.9 Å². The van der Waals surface area contributed by atoms with E-state index in [1.165, 1.54) is 17.5 Å². The number of anilines is 1.